The van der Waals surface area contributed by atoms with Crippen LogP contribution in [0.1, 0.15) is 31.4 Å². The Bertz CT molecular complexity index is 1380. The van der Waals surface area contributed by atoms with E-state index >= 15 is 0 Å². The van der Waals surface area contributed by atoms with Crippen molar-refractivity contribution in [3.8, 4) is 5.75 Å². The van der Waals surface area contributed by atoms with Gasteiger partial charge >= 0.3 is 0 Å². The number of phenolic OH excluding ortho intramolecular Hbond substituents is 1. The van der Waals surface area contributed by atoms with E-state index in [1.165, 1.54) is 25.1 Å². The van der Waals surface area contributed by atoms with E-state index in [-0.39, 0.29) is 72.1 Å². The number of hydrogen-bond acceptors (Lipinski definition) is 10. The van der Waals surface area contributed by atoms with Crippen molar-refractivity contribution in [1.82, 2.24) is 10.2 Å². The minimum absolute atomic E-state index is 0. The van der Waals surface area contributed by atoms with Crippen LogP contribution < -0.4 is 16.4 Å². The second-order valence-electron chi connectivity index (χ2n) is 10.7. The number of fused-ring (bicyclic) bond motifs is 3. The number of anilines is 1. The van der Waals surface area contributed by atoms with Crippen molar-refractivity contribution in [3.63, 3.8) is 0 Å². The van der Waals surface area contributed by atoms with Gasteiger partial charge in [-0.1, -0.05) is 25.4 Å². The fraction of sp³-hybridized carbons (Fsp3) is 0.462. The molecule has 4 rings (SSSR count). The number of nitrogens with two attached hydrogens (primary N) is 1. The number of ketones is 2. The number of nitrogens with one attached hydrogen (secondary N) is 2. The zero-order valence-corrected chi connectivity index (χ0v) is 25.0. The summed E-state index contributed by atoms with van der Waals surface area (Å²) in [5, 5.41) is 50.3. The Labute approximate surface area is 253 Å². The SMILES string of the molecule is CC(C)NCC(=O)Nc1c(Cl)cc2c(c1O)C(O)=C1C(=O)C3(O)C(O)=C(C(N)=O)C(=O)[C@@H](N(C)C)C3CC1C2.Cl.Cl. The van der Waals surface area contributed by atoms with Gasteiger partial charge in [0.2, 0.25) is 11.7 Å². The highest BCUT2D eigenvalue weighted by atomic mass is 35.5. The largest absolute Gasteiger partial charge is 0.508 e. The number of amides is 2. The lowest BCUT2D eigenvalue weighted by Crippen LogP contribution is -2.65. The van der Waals surface area contributed by atoms with E-state index in [0.717, 1.165) is 0 Å². The summed E-state index contributed by atoms with van der Waals surface area (Å²) >= 11 is 6.37. The molecule has 0 aliphatic heterocycles. The van der Waals surface area contributed by atoms with Crippen molar-refractivity contribution in [2.24, 2.45) is 17.6 Å². The number of benzene rings is 1. The van der Waals surface area contributed by atoms with Crippen LogP contribution in [-0.2, 0) is 25.6 Å². The normalized spacial score (nSPS) is 25.2. The lowest BCUT2D eigenvalue weighted by Gasteiger charge is -2.50. The van der Waals surface area contributed by atoms with Crippen LogP contribution in [0.2, 0.25) is 5.02 Å². The lowest BCUT2D eigenvalue weighted by molar-refractivity contribution is -0.153. The molecule has 3 unspecified atom stereocenters. The first kappa shape index (κ1) is 34.3. The molecule has 226 valence electrons. The topological polar surface area (TPSA) is 203 Å². The first-order valence-corrected chi connectivity index (χ1v) is 12.7. The van der Waals surface area contributed by atoms with Crippen molar-refractivity contribution >= 4 is 71.2 Å². The Morgan fingerprint density at radius 2 is 1.80 bits per heavy atom. The van der Waals surface area contributed by atoms with Gasteiger partial charge in [-0.3, -0.25) is 24.1 Å². The van der Waals surface area contributed by atoms with Crippen LogP contribution in [0, 0.1) is 11.8 Å². The number of carbonyl (C=O) groups is 4. The average Bonchev–Trinajstić information content (AvgIpc) is 2.82. The summed E-state index contributed by atoms with van der Waals surface area (Å²) < 4.78 is 0. The van der Waals surface area contributed by atoms with Crippen LogP contribution in [-0.4, -0.2) is 87.0 Å². The Hall–Kier alpha value is -2.87. The van der Waals surface area contributed by atoms with E-state index in [1.54, 1.807) is 0 Å². The van der Waals surface area contributed by atoms with Gasteiger partial charge in [0, 0.05) is 17.5 Å². The number of carbonyl (C=O) groups excluding carboxylic acids is 4. The average molecular weight is 636 g/mol. The van der Waals surface area contributed by atoms with Gasteiger partial charge in [0.05, 0.1) is 23.2 Å². The Kier molecular flexibility index (Phi) is 10.2. The van der Waals surface area contributed by atoms with Gasteiger partial charge in [-0.15, -0.1) is 24.8 Å². The number of primary amides is 1. The fourth-order valence-electron chi connectivity index (χ4n) is 5.86. The second-order valence-corrected chi connectivity index (χ2v) is 11.1. The smallest absolute Gasteiger partial charge is 0.255 e. The Morgan fingerprint density at radius 3 is 2.34 bits per heavy atom. The molecule has 1 fully saturated rings. The molecule has 3 aliphatic rings. The molecule has 4 atom stereocenters. The number of halogens is 3. The standard InChI is InChI=1S/C26H31ClN4O8.2ClH/c1-9(2)29-8-14(32)30-18-13(27)7-11-5-10-6-12-19(31(3)4)22(35)17(25(28)38)24(37)26(12,39)23(36)16(10)20(33)15(11)21(18)34;;/h7,9-10,12,19,29,33-34,37,39H,5-6,8H2,1-4H3,(H2,28,38)(H,30,32);2*1H/t10?,12?,19-,26?;;/m0../s1. The van der Waals surface area contributed by atoms with Crippen molar-refractivity contribution < 1.29 is 39.6 Å². The molecule has 12 nitrogen and oxygen atoms in total. The number of likely N-dealkylation sites (N-methyl/N-ethyl adjacent to an activating group) is 1. The monoisotopic (exact) mass is 634 g/mol. The van der Waals surface area contributed by atoms with E-state index in [1.807, 2.05) is 13.8 Å². The molecule has 8 N–H and O–H groups in total. The fourth-order valence-corrected chi connectivity index (χ4v) is 6.13. The highest BCUT2D eigenvalue weighted by Gasteiger charge is 2.64. The Morgan fingerprint density at radius 1 is 1.20 bits per heavy atom. The van der Waals surface area contributed by atoms with E-state index in [0.29, 0.717) is 5.56 Å². The maximum Gasteiger partial charge on any atom is 0.255 e. The van der Waals surface area contributed by atoms with Crippen LogP contribution in [0.5, 0.6) is 5.75 Å². The van der Waals surface area contributed by atoms with Gasteiger partial charge in [-0.05, 0) is 44.5 Å². The number of aliphatic hydroxyl groups is 3. The highest BCUT2D eigenvalue weighted by molar-refractivity contribution is 6.34. The second kappa shape index (κ2) is 12.2. The van der Waals surface area contributed by atoms with Crippen molar-refractivity contribution in [2.75, 3.05) is 26.0 Å². The summed E-state index contributed by atoms with van der Waals surface area (Å²) in [5.41, 5.74) is 1.45. The minimum Gasteiger partial charge on any atom is -0.508 e. The van der Waals surface area contributed by atoms with Gasteiger partial charge < -0.3 is 36.8 Å². The molecule has 0 spiro atoms. The van der Waals surface area contributed by atoms with E-state index in [9.17, 15) is 39.6 Å². The van der Waals surface area contributed by atoms with Crippen LogP contribution in [0.15, 0.2) is 23.0 Å². The van der Waals surface area contributed by atoms with Gasteiger partial charge in [0.15, 0.2) is 17.1 Å². The molecule has 2 amide bonds. The molecule has 0 radical (unpaired) electrons. The predicted molar refractivity (Wildman–Crippen MR) is 156 cm³/mol. The van der Waals surface area contributed by atoms with E-state index in [4.69, 9.17) is 17.3 Å². The summed E-state index contributed by atoms with van der Waals surface area (Å²) in [6, 6.07) is 0.304. The van der Waals surface area contributed by atoms with Crippen LogP contribution in [0.3, 0.4) is 0 Å². The van der Waals surface area contributed by atoms with Crippen molar-refractivity contribution in [1.29, 1.82) is 0 Å². The maximum atomic E-state index is 13.8. The van der Waals surface area contributed by atoms with Crippen LogP contribution in [0.25, 0.3) is 5.76 Å². The molecule has 1 aromatic carbocycles. The molecule has 0 heterocycles. The summed E-state index contributed by atoms with van der Waals surface area (Å²) in [6.07, 6.45) is 0.0501. The number of aliphatic hydroxyl groups excluding tert-OH is 2. The zero-order valence-electron chi connectivity index (χ0n) is 22.6. The molecule has 1 saturated carbocycles. The Balaban J connectivity index is 0.00000294. The van der Waals surface area contributed by atoms with Crippen LogP contribution >= 0.6 is 36.4 Å². The first-order chi connectivity index (χ1) is 18.1. The first-order valence-electron chi connectivity index (χ1n) is 12.3. The van der Waals surface area contributed by atoms with Crippen molar-refractivity contribution in [3.05, 3.63) is 39.1 Å². The molecule has 0 saturated heterocycles. The molecule has 1 aromatic rings. The molecular formula is C26H33Cl3N4O8. The van der Waals surface area contributed by atoms with Gasteiger partial charge in [0.25, 0.3) is 5.91 Å². The van der Waals surface area contributed by atoms with E-state index in [2.05, 4.69) is 10.6 Å². The molecule has 3 aliphatic carbocycles. The van der Waals surface area contributed by atoms with Crippen LogP contribution in [0.4, 0.5) is 5.69 Å². The third-order valence-corrected chi connectivity index (χ3v) is 7.90. The summed E-state index contributed by atoms with van der Waals surface area (Å²) in [7, 11) is 3.05. The highest BCUT2D eigenvalue weighted by Crippen LogP contribution is 2.54. The quantitative estimate of drug-likeness (QED) is 0.177. The number of nitrogens with zero attached hydrogens (tertiary/aromatic N) is 1. The third kappa shape index (κ3) is 5.40. The number of aromatic hydroxyl groups is 1. The number of hydrogen-bond donors (Lipinski definition) is 7. The number of rotatable bonds is 6. The molecule has 0 aromatic heterocycles. The number of phenols is 1. The lowest BCUT2D eigenvalue weighted by atomic mass is 9.57. The molecule has 15 heteroatoms. The summed E-state index contributed by atoms with van der Waals surface area (Å²) in [6.45, 7) is 3.62. The summed E-state index contributed by atoms with van der Waals surface area (Å²) in [4.78, 5) is 52.8. The third-order valence-electron chi connectivity index (χ3n) is 7.60. The van der Waals surface area contributed by atoms with Crippen molar-refractivity contribution in [2.45, 2.75) is 44.4 Å². The van der Waals surface area contributed by atoms with E-state index < -0.39 is 69.7 Å². The predicted octanol–water partition coefficient (Wildman–Crippen LogP) is 1.40. The summed E-state index contributed by atoms with van der Waals surface area (Å²) in [5.74, 6) is -8.07. The minimum atomic E-state index is -2.73. The maximum absolute atomic E-state index is 13.8. The molecule has 0 bridgehead atoms. The molecular weight excluding hydrogens is 603 g/mol. The number of Topliss-reactive ketones (excluding diaryl/α,β-unsaturated/α-hetero) is 2. The zero-order chi connectivity index (χ0) is 29.1. The van der Waals surface area contributed by atoms with Gasteiger partial charge in [-0.2, -0.15) is 0 Å². The van der Waals surface area contributed by atoms with Gasteiger partial charge in [0.1, 0.15) is 22.8 Å². The molecule has 41 heavy (non-hydrogen) atoms. The van der Waals surface area contributed by atoms with Gasteiger partial charge in [-0.25, -0.2) is 0 Å².